The van der Waals surface area contributed by atoms with Crippen LogP contribution < -0.4 is 5.32 Å². The number of carbonyl (C=O) groups is 2. The van der Waals surface area contributed by atoms with E-state index in [0.29, 0.717) is 17.1 Å². The largest absolute Gasteiger partial charge is 0.466 e. The highest BCUT2D eigenvalue weighted by Gasteiger charge is 2.25. The average Bonchev–Trinajstić information content (AvgIpc) is 2.93. The Kier molecular flexibility index (Phi) is 4.31. The molecule has 0 aliphatic heterocycles. The third-order valence-corrected chi connectivity index (χ3v) is 3.29. The molecule has 0 spiro atoms. The second-order valence-electron chi connectivity index (χ2n) is 6.33. The Hall–Kier alpha value is -2.57. The molecule has 23 heavy (non-hydrogen) atoms. The molecule has 2 N–H and O–H groups in total. The van der Waals surface area contributed by atoms with Gasteiger partial charge in [0.15, 0.2) is 0 Å². The lowest BCUT2D eigenvalue weighted by atomic mass is 10.1. The van der Waals surface area contributed by atoms with Crippen LogP contribution in [0.3, 0.4) is 0 Å². The zero-order valence-electron chi connectivity index (χ0n) is 14.2. The summed E-state index contributed by atoms with van der Waals surface area (Å²) < 4.78 is 10.7. The molecule has 0 aliphatic rings. The highest BCUT2D eigenvalue weighted by atomic mass is 16.6. The van der Waals surface area contributed by atoms with Crippen molar-refractivity contribution in [1.82, 2.24) is 10.2 Å². The second-order valence-corrected chi connectivity index (χ2v) is 6.33. The van der Waals surface area contributed by atoms with Gasteiger partial charge in [0.1, 0.15) is 28.5 Å². The number of nitrogens with zero attached hydrogens (tertiary/aromatic N) is 1. The fraction of sp³-hybridized carbons (Fsp3) is 0.438. The van der Waals surface area contributed by atoms with E-state index in [2.05, 4.69) is 15.5 Å². The molecule has 0 unspecified atom stereocenters. The summed E-state index contributed by atoms with van der Waals surface area (Å²) in [7, 11) is 0. The van der Waals surface area contributed by atoms with E-state index in [4.69, 9.17) is 9.15 Å². The smallest absolute Gasteiger partial charge is 0.344 e. The number of anilines is 1. The lowest BCUT2D eigenvalue weighted by Gasteiger charge is -2.19. The molecule has 0 saturated carbocycles. The van der Waals surface area contributed by atoms with Crippen molar-refractivity contribution >= 4 is 17.7 Å². The third kappa shape index (κ3) is 3.61. The van der Waals surface area contributed by atoms with E-state index in [1.54, 1.807) is 34.6 Å². The van der Waals surface area contributed by atoms with Gasteiger partial charge in [0.2, 0.25) is 0 Å². The van der Waals surface area contributed by atoms with E-state index in [0.717, 1.165) is 5.56 Å². The van der Waals surface area contributed by atoms with Crippen LogP contribution in [0.15, 0.2) is 10.6 Å². The van der Waals surface area contributed by atoms with E-state index in [9.17, 15) is 9.59 Å². The Morgan fingerprint density at radius 1 is 1.22 bits per heavy atom. The first kappa shape index (κ1) is 16.8. The Balaban J connectivity index is 2.23. The molecule has 7 nitrogen and oxygen atoms in total. The number of aromatic amines is 1. The fourth-order valence-electron chi connectivity index (χ4n) is 2.17. The van der Waals surface area contributed by atoms with E-state index in [-0.39, 0.29) is 17.3 Å². The predicted molar refractivity (Wildman–Crippen MR) is 84.6 cm³/mol. The van der Waals surface area contributed by atoms with Crippen LogP contribution in [0.5, 0.6) is 0 Å². The number of aromatic nitrogens is 2. The van der Waals surface area contributed by atoms with Gasteiger partial charge in [-0.2, -0.15) is 5.10 Å². The molecule has 2 aromatic rings. The number of aryl methyl sites for hydroxylation is 2. The Labute approximate surface area is 134 Å². The fourth-order valence-corrected chi connectivity index (χ4v) is 2.17. The van der Waals surface area contributed by atoms with Crippen molar-refractivity contribution in [2.75, 3.05) is 5.32 Å². The molecule has 0 aromatic carbocycles. The van der Waals surface area contributed by atoms with Gasteiger partial charge in [-0.1, -0.05) is 0 Å². The van der Waals surface area contributed by atoms with E-state index in [1.165, 1.54) is 6.20 Å². The van der Waals surface area contributed by atoms with Gasteiger partial charge in [-0.25, -0.2) is 4.79 Å². The number of esters is 1. The van der Waals surface area contributed by atoms with Gasteiger partial charge < -0.3 is 14.5 Å². The SMILES string of the molecule is Cc1oc(C)c(C(=O)Nc2[nH]ncc2C(=O)OC(C)(C)C)c1C. The topological polar surface area (TPSA) is 97.2 Å². The van der Waals surface area contributed by atoms with Crippen molar-refractivity contribution in [3.8, 4) is 0 Å². The average molecular weight is 319 g/mol. The first-order chi connectivity index (χ1) is 10.6. The summed E-state index contributed by atoms with van der Waals surface area (Å²) >= 11 is 0. The lowest BCUT2D eigenvalue weighted by Crippen LogP contribution is -2.24. The van der Waals surface area contributed by atoms with Crippen LogP contribution in [-0.2, 0) is 4.74 Å². The standard InChI is InChI=1S/C16H21N3O4/c1-8-9(2)22-10(3)12(8)14(20)18-13-11(7-17-19-13)15(21)23-16(4,5)6/h7H,1-6H3,(H2,17,18,19,20). The molecular weight excluding hydrogens is 298 g/mol. The molecule has 2 aromatic heterocycles. The normalized spacial score (nSPS) is 11.4. The van der Waals surface area contributed by atoms with Gasteiger partial charge in [0, 0.05) is 5.56 Å². The molecule has 0 bridgehead atoms. The number of furan rings is 1. The molecule has 124 valence electrons. The number of hydrogen-bond acceptors (Lipinski definition) is 5. The number of amides is 1. The van der Waals surface area contributed by atoms with Crippen LogP contribution in [-0.4, -0.2) is 27.7 Å². The lowest BCUT2D eigenvalue weighted by molar-refractivity contribution is 0.00708. The van der Waals surface area contributed by atoms with Crippen LogP contribution in [0, 0.1) is 20.8 Å². The predicted octanol–water partition coefficient (Wildman–Crippen LogP) is 3.14. The Morgan fingerprint density at radius 3 is 2.39 bits per heavy atom. The van der Waals surface area contributed by atoms with Crippen LogP contribution in [0.1, 0.15) is 58.6 Å². The Morgan fingerprint density at radius 2 is 1.87 bits per heavy atom. The van der Waals surface area contributed by atoms with Gasteiger partial charge in [0.25, 0.3) is 5.91 Å². The Bertz CT molecular complexity index is 750. The number of ether oxygens (including phenoxy) is 1. The number of nitrogens with one attached hydrogen (secondary N) is 2. The zero-order chi connectivity index (χ0) is 17.4. The maximum absolute atomic E-state index is 12.5. The second kappa shape index (κ2) is 5.91. The molecule has 0 radical (unpaired) electrons. The molecule has 0 atom stereocenters. The van der Waals surface area contributed by atoms with Gasteiger partial charge in [-0.15, -0.1) is 0 Å². The number of hydrogen-bond donors (Lipinski definition) is 2. The molecule has 2 rings (SSSR count). The summed E-state index contributed by atoms with van der Waals surface area (Å²) in [6, 6.07) is 0. The van der Waals surface area contributed by atoms with Crippen LogP contribution >= 0.6 is 0 Å². The van der Waals surface area contributed by atoms with Crippen LogP contribution in [0.2, 0.25) is 0 Å². The molecule has 0 aliphatic carbocycles. The minimum absolute atomic E-state index is 0.170. The number of carbonyl (C=O) groups excluding carboxylic acids is 2. The molecule has 7 heteroatoms. The van der Waals surface area contributed by atoms with E-state index in [1.807, 2.05) is 6.92 Å². The first-order valence-corrected chi connectivity index (χ1v) is 7.25. The molecule has 0 fully saturated rings. The maximum Gasteiger partial charge on any atom is 0.344 e. The highest BCUT2D eigenvalue weighted by molar-refractivity contribution is 6.08. The van der Waals surface area contributed by atoms with E-state index < -0.39 is 11.6 Å². The minimum atomic E-state index is -0.634. The molecule has 2 heterocycles. The minimum Gasteiger partial charge on any atom is -0.466 e. The molecule has 1 amide bonds. The summed E-state index contributed by atoms with van der Waals surface area (Å²) in [6.07, 6.45) is 1.32. The van der Waals surface area contributed by atoms with Crippen LogP contribution in [0.4, 0.5) is 5.82 Å². The molecule has 0 saturated heterocycles. The molecular formula is C16H21N3O4. The zero-order valence-corrected chi connectivity index (χ0v) is 14.2. The van der Waals surface area contributed by atoms with Crippen molar-refractivity contribution < 1.29 is 18.7 Å². The van der Waals surface area contributed by atoms with Crippen molar-refractivity contribution in [2.24, 2.45) is 0 Å². The van der Waals surface area contributed by atoms with Crippen molar-refractivity contribution in [2.45, 2.75) is 47.1 Å². The van der Waals surface area contributed by atoms with Gasteiger partial charge in [0.05, 0.1) is 11.8 Å². The summed E-state index contributed by atoms with van der Waals surface area (Å²) in [5.74, 6) is 0.478. The monoisotopic (exact) mass is 319 g/mol. The van der Waals surface area contributed by atoms with Crippen molar-refractivity contribution in [3.05, 3.63) is 34.4 Å². The summed E-state index contributed by atoms with van der Waals surface area (Å²) in [6.45, 7) is 10.6. The quantitative estimate of drug-likeness (QED) is 0.847. The van der Waals surface area contributed by atoms with Crippen LogP contribution in [0.25, 0.3) is 0 Å². The third-order valence-electron chi connectivity index (χ3n) is 3.29. The maximum atomic E-state index is 12.5. The van der Waals surface area contributed by atoms with Gasteiger partial charge in [-0.3, -0.25) is 9.89 Å². The van der Waals surface area contributed by atoms with E-state index >= 15 is 0 Å². The van der Waals surface area contributed by atoms with Crippen molar-refractivity contribution in [3.63, 3.8) is 0 Å². The number of H-pyrrole nitrogens is 1. The van der Waals surface area contributed by atoms with Gasteiger partial charge >= 0.3 is 5.97 Å². The van der Waals surface area contributed by atoms with Gasteiger partial charge in [-0.05, 0) is 41.5 Å². The summed E-state index contributed by atoms with van der Waals surface area (Å²) in [5.41, 5.74) is 0.749. The summed E-state index contributed by atoms with van der Waals surface area (Å²) in [5, 5.41) is 9.06. The first-order valence-electron chi connectivity index (χ1n) is 7.25. The number of rotatable bonds is 3. The highest BCUT2D eigenvalue weighted by Crippen LogP contribution is 2.23. The van der Waals surface area contributed by atoms with Crippen molar-refractivity contribution in [1.29, 1.82) is 0 Å². The summed E-state index contributed by atoms with van der Waals surface area (Å²) in [4.78, 5) is 24.6.